The zero-order chi connectivity index (χ0) is 23.6. The Labute approximate surface area is 196 Å². The van der Waals surface area contributed by atoms with Crippen molar-refractivity contribution in [1.29, 1.82) is 0 Å². The first kappa shape index (κ1) is 23.9. The van der Waals surface area contributed by atoms with Gasteiger partial charge >= 0.3 is 0 Å². The fraction of sp³-hybridized carbons (Fsp3) is 0.625. The third kappa shape index (κ3) is 5.14. The molecule has 0 atom stereocenters. The molecule has 1 aliphatic carbocycles. The van der Waals surface area contributed by atoms with Crippen LogP contribution in [0.2, 0.25) is 25.7 Å². The highest BCUT2D eigenvalue weighted by Gasteiger charge is 2.46. The summed E-state index contributed by atoms with van der Waals surface area (Å²) in [6.07, 6.45) is 7.64. The zero-order valence-electron chi connectivity index (χ0n) is 20.2. The van der Waals surface area contributed by atoms with Gasteiger partial charge in [-0.05, 0) is 50.6 Å². The van der Waals surface area contributed by atoms with Gasteiger partial charge < -0.3 is 14.4 Å². The summed E-state index contributed by atoms with van der Waals surface area (Å²) in [7, 11) is 0.247. The quantitative estimate of drug-likeness (QED) is 0.400. The lowest BCUT2D eigenvalue weighted by atomic mass is 9.70. The number of aromatic nitrogens is 3. The fourth-order valence-electron chi connectivity index (χ4n) is 4.75. The maximum atomic E-state index is 14.8. The summed E-state index contributed by atoms with van der Waals surface area (Å²) in [6.45, 7) is 8.39. The summed E-state index contributed by atoms with van der Waals surface area (Å²) >= 11 is 0. The van der Waals surface area contributed by atoms with Gasteiger partial charge in [0.15, 0.2) is 11.5 Å². The molecule has 2 aromatic heterocycles. The lowest BCUT2D eigenvalue weighted by Crippen LogP contribution is -2.58. The van der Waals surface area contributed by atoms with Crippen molar-refractivity contribution in [2.75, 3.05) is 20.3 Å². The van der Waals surface area contributed by atoms with Gasteiger partial charge in [0.2, 0.25) is 5.88 Å². The predicted molar refractivity (Wildman–Crippen MR) is 128 cm³/mol. The number of methoxy groups -OCH3 is 1. The molecular formula is C24H35FN4O3Si. The molecule has 0 N–H and O–H groups in total. The molecule has 1 saturated carbocycles. The van der Waals surface area contributed by atoms with E-state index in [1.807, 2.05) is 4.90 Å². The monoisotopic (exact) mass is 474 g/mol. The second-order valence-electron chi connectivity index (χ2n) is 10.5. The minimum absolute atomic E-state index is 0.0156. The van der Waals surface area contributed by atoms with E-state index in [9.17, 15) is 9.18 Å². The second-order valence-corrected chi connectivity index (χ2v) is 16.1. The molecule has 2 aromatic rings. The van der Waals surface area contributed by atoms with E-state index in [1.165, 1.54) is 13.2 Å². The molecule has 7 nitrogen and oxygen atoms in total. The lowest BCUT2D eigenvalue weighted by Gasteiger charge is -2.53. The Morgan fingerprint density at radius 1 is 1.18 bits per heavy atom. The minimum Gasteiger partial charge on any atom is -0.481 e. The van der Waals surface area contributed by atoms with Crippen molar-refractivity contribution in [3.63, 3.8) is 0 Å². The Bertz CT molecular complexity index is 1000. The molecule has 4 rings (SSSR count). The number of hydrogen-bond acceptors (Lipinski definition) is 5. The highest BCUT2D eigenvalue weighted by molar-refractivity contribution is 6.76. The van der Waals surface area contributed by atoms with Crippen molar-refractivity contribution in [1.82, 2.24) is 19.7 Å². The minimum atomic E-state index is -1.24. The van der Waals surface area contributed by atoms with E-state index in [-0.39, 0.29) is 18.2 Å². The van der Waals surface area contributed by atoms with Crippen LogP contribution in [0.4, 0.5) is 4.39 Å². The van der Waals surface area contributed by atoms with Crippen LogP contribution in [0.15, 0.2) is 18.3 Å². The average molecular weight is 475 g/mol. The van der Waals surface area contributed by atoms with Crippen LogP contribution in [0.3, 0.4) is 0 Å². The number of pyridine rings is 1. The van der Waals surface area contributed by atoms with E-state index in [4.69, 9.17) is 9.47 Å². The van der Waals surface area contributed by atoms with E-state index in [1.54, 1.807) is 10.7 Å². The van der Waals surface area contributed by atoms with Gasteiger partial charge in [-0.15, -0.1) is 0 Å². The molecule has 2 aliphatic rings. The number of piperidine rings is 1. The van der Waals surface area contributed by atoms with Crippen molar-refractivity contribution < 1.29 is 18.7 Å². The topological polar surface area (TPSA) is 69.5 Å². The normalized spacial score (nSPS) is 17.8. The summed E-state index contributed by atoms with van der Waals surface area (Å²) in [4.78, 5) is 19.5. The Morgan fingerprint density at radius 2 is 1.94 bits per heavy atom. The Hall–Kier alpha value is -2.26. The van der Waals surface area contributed by atoms with Crippen molar-refractivity contribution >= 4 is 14.0 Å². The first-order valence-electron chi connectivity index (χ1n) is 11.9. The van der Waals surface area contributed by atoms with Gasteiger partial charge in [-0.3, -0.25) is 4.79 Å². The van der Waals surface area contributed by atoms with Crippen molar-refractivity contribution in [2.45, 2.75) is 76.5 Å². The fourth-order valence-corrected chi connectivity index (χ4v) is 5.51. The van der Waals surface area contributed by atoms with Gasteiger partial charge in [0.05, 0.1) is 19.0 Å². The predicted octanol–water partition coefficient (Wildman–Crippen LogP) is 4.95. The molecule has 0 unspecified atom stereocenters. The van der Waals surface area contributed by atoms with Gasteiger partial charge in [0, 0.05) is 38.4 Å². The Balaban J connectivity index is 1.64. The van der Waals surface area contributed by atoms with Crippen molar-refractivity contribution in [3.05, 3.63) is 29.8 Å². The Morgan fingerprint density at radius 3 is 2.61 bits per heavy atom. The van der Waals surface area contributed by atoms with Crippen LogP contribution < -0.4 is 4.74 Å². The molecule has 1 aliphatic heterocycles. The van der Waals surface area contributed by atoms with Crippen LogP contribution in [0.1, 0.15) is 49.0 Å². The van der Waals surface area contributed by atoms with E-state index in [2.05, 4.69) is 29.7 Å². The molecule has 180 valence electrons. The molecule has 0 bridgehead atoms. The number of amides is 1. The van der Waals surface area contributed by atoms with Gasteiger partial charge in [0.25, 0.3) is 5.91 Å². The summed E-state index contributed by atoms with van der Waals surface area (Å²) < 4.78 is 27.5. The number of likely N-dealkylation sites (tertiary alicyclic amines) is 1. The number of nitrogens with zero attached hydrogens (tertiary/aromatic N) is 4. The van der Waals surface area contributed by atoms with Crippen LogP contribution >= 0.6 is 0 Å². The molecule has 0 radical (unpaired) electrons. The van der Waals surface area contributed by atoms with Gasteiger partial charge in [-0.25, -0.2) is 14.1 Å². The molecule has 9 heteroatoms. The SMILES string of the molecule is COc1cc(-c2cc(C(=O)N3CCCCC34CCC4)nn2COCC[Si](C)(C)C)c(F)cn1. The van der Waals surface area contributed by atoms with Gasteiger partial charge in [0.1, 0.15) is 6.73 Å². The van der Waals surface area contributed by atoms with Gasteiger partial charge in [-0.2, -0.15) is 5.10 Å². The second kappa shape index (κ2) is 9.54. The maximum Gasteiger partial charge on any atom is 0.274 e. The number of carbonyl (C=O) groups excluding carboxylic acids is 1. The summed E-state index contributed by atoms with van der Waals surface area (Å²) in [5.41, 5.74) is 1.10. The highest BCUT2D eigenvalue weighted by Crippen LogP contribution is 2.45. The van der Waals surface area contributed by atoms with E-state index < -0.39 is 13.9 Å². The van der Waals surface area contributed by atoms with Gasteiger partial charge in [-0.1, -0.05) is 19.6 Å². The highest BCUT2D eigenvalue weighted by atomic mass is 28.3. The van der Waals surface area contributed by atoms with Crippen LogP contribution in [0, 0.1) is 5.82 Å². The number of halogens is 1. The molecular weight excluding hydrogens is 439 g/mol. The Kier molecular flexibility index (Phi) is 6.90. The smallest absolute Gasteiger partial charge is 0.274 e. The average Bonchev–Trinajstić information content (AvgIpc) is 3.18. The molecule has 1 saturated heterocycles. The number of hydrogen-bond donors (Lipinski definition) is 0. The molecule has 0 aromatic carbocycles. The number of carbonyl (C=O) groups is 1. The lowest BCUT2D eigenvalue weighted by molar-refractivity contribution is -0.00645. The molecule has 2 fully saturated rings. The van der Waals surface area contributed by atoms with E-state index in [0.717, 1.165) is 57.3 Å². The van der Waals surface area contributed by atoms with E-state index in [0.29, 0.717) is 29.4 Å². The van der Waals surface area contributed by atoms with Crippen LogP contribution in [0.25, 0.3) is 11.3 Å². The van der Waals surface area contributed by atoms with Crippen LogP contribution in [-0.4, -0.2) is 59.4 Å². The first-order valence-corrected chi connectivity index (χ1v) is 15.6. The number of ether oxygens (including phenoxy) is 2. The summed E-state index contributed by atoms with van der Waals surface area (Å²) in [5.74, 6) is -0.263. The molecule has 1 spiro atoms. The molecule has 33 heavy (non-hydrogen) atoms. The standard InChI is InChI=1S/C24H35FN4O3Si/c1-31-22-14-18(19(25)16-26-22)21-15-20(27-29(21)17-32-12-13-33(2,3)4)23(30)28-11-6-5-8-24(28)9-7-10-24/h14-16H,5-13,17H2,1-4H3. The third-order valence-corrected chi connectivity index (χ3v) is 8.60. The summed E-state index contributed by atoms with van der Waals surface area (Å²) in [5, 5.41) is 4.60. The summed E-state index contributed by atoms with van der Waals surface area (Å²) in [6, 6.07) is 4.24. The molecule has 1 amide bonds. The first-order chi connectivity index (χ1) is 15.7. The van der Waals surface area contributed by atoms with Crippen LogP contribution in [0.5, 0.6) is 5.88 Å². The third-order valence-electron chi connectivity index (χ3n) is 6.90. The van der Waals surface area contributed by atoms with E-state index >= 15 is 0 Å². The molecule has 3 heterocycles. The maximum absolute atomic E-state index is 14.8. The largest absolute Gasteiger partial charge is 0.481 e. The number of rotatable bonds is 8. The van der Waals surface area contributed by atoms with Crippen molar-refractivity contribution in [2.24, 2.45) is 0 Å². The van der Waals surface area contributed by atoms with Crippen LogP contribution in [-0.2, 0) is 11.5 Å². The zero-order valence-corrected chi connectivity index (χ0v) is 21.2. The van der Waals surface area contributed by atoms with Crippen molar-refractivity contribution in [3.8, 4) is 17.1 Å².